The fourth-order valence-electron chi connectivity index (χ4n) is 4.47. The Morgan fingerprint density at radius 2 is 2.10 bits per heavy atom. The number of hydrogen-bond acceptors (Lipinski definition) is 3. The lowest BCUT2D eigenvalue weighted by Crippen LogP contribution is -2.26. The summed E-state index contributed by atoms with van der Waals surface area (Å²) in [6.07, 6.45) is 5.65. The molecule has 2 aromatic rings. The number of rotatable bonds is 7. The van der Waals surface area contributed by atoms with Crippen LogP contribution in [0.3, 0.4) is 0 Å². The molecule has 1 fully saturated rings. The van der Waals surface area contributed by atoms with Crippen molar-refractivity contribution in [1.82, 2.24) is 4.90 Å². The monoisotopic (exact) mass is 427 g/mol. The van der Waals surface area contributed by atoms with E-state index in [9.17, 15) is 14.3 Å². The highest BCUT2D eigenvalue weighted by Gasteiger charge is 2.26. The minimum atomic E-state index is -0.962. The highest BCUT2D eigenvalue weighted by Crippen LogP contribution is 2.36. The van der Waals surface area contributed by atoms with Crippen molar-refractivity contribution < 1.29 is 23.4 Å². The predicted octanol–water partition coefficient (Wildman–Crippen LogP) is 5.10. The molecule has 0 radical (unpaired) electrons. The quantitative estimate of drug-likeness (QED) is 0.668. The molecule has 1 aliphatic carbocycles. The van der Waals surface area contributed by atoms with Gasteiger partial charge in [0.1, 0.15) is 6.10 Å². The first-order chi connectivity index (χ1) is 15.1. The summed E-state index contributed by atoms with van der Waals surface area (Å²) in [5, 5.41) is 9.31. The Morgan fingerprint density at radius 1 is 1.23 bits per heavy atom. The van der Waals surface area contributed by atoms with E-state index in [2.05, 4.69) is 4.90 Å². The largest absolute Gasteiger partial charge is 0.486 e. The van der Waals surface area contributed by atoms with E-state index < -0.39 is 11.8 Å². The smallest absolute Gasteiger partial charge is 0.335 e. The van der Waals surface area contributed by atoms with Crippen LogP contribution < -0.4 is 4.74 Å². The Labute approximate surface area is 181 Å². The molecule has 1 saturated heterocycles. The zero-order chi connectivity index (χ0) is 21.8. The number of benzene rings is 2. The topological polar surface area (TPSA) is 49.8 Å². The van der Waals surface area contributed by atoms with Gasteiger partial charge in [-0.2, -0.15) is 0 Å². The molecule has 0 aromatic heterocycles. The van der Waals surface area contributed by atoms with Gasteiger partial charge in [-0.25, -0.2) is 9.18 Å². The molecule has 0 bridgehead atoms. The molecule has 1 heterocycles. The third-order valence-corrected chi connectivity index (χ3v) is 6.03. The number of fused-ring (bicyclic) bond motifs is 1. The first-order valence-electron chi connectivity index (χ1n) is 10.9. The molecule has 0 saturated carbocycles. The fraction of sp³-hybridized carbons (Fsp3) is 0.400. The number of carboxylic acid groups (broad SMARTS) is 1. The van der Waals surface area contributed by atoms with Crippen molar-refractivity contribution >= 4 is 11.5 Å². The maximum absolute atomic E-state index is 15.5. The van der Waals surface area contributed by atoms with E-state index in [1.165, 1.54) is 0 Å². The van der Waals surface area contributed by atoms with Crippen molar-refractivity contribution in [3.8, 4) is 5.75 Å². The normalized spacial score (nSPS) is 18.9. The Balaban J connectivity index is 1.59. The number of carboxylic acids is 1. The van der Waals surface area contributed by atoms with Gasteiger partial charge in [0.15, 0.2) is 11.6 Å². The molecular weight excluding hydrogens is 400 g/mol. The lowest BCUT2D eigenvalue weighted by Gasteiger charge is -2.18. The van der Waals surface area contributed by atoms with Crippen molar-refractivity contribution in [2.75, 3.05) is 26.3 Å². The number of allylic oxidation sites excluding steroid dienone is 1. The van der Waals surface area contributed by atoms with Crippen LogP contribution in [0.1, 0.15) is 52.7 Å². The summed E-state index contributed by atoms with van der Waals surface area (Å²) in [7, 11) is 0. The van der Waals surface area contributed by atoms with Crippen LogP contribution in [0.15, 0.2) is 42.5 Å². The number of aryl methyl sites for hydroxylation is 1. The van der Waals surface area contributed by atoms with Gasteiger partial charge in [-0.3, -0.25) is 9.29 Å². The second-order valence-corrected chi connectivity index (χ2v) is 8.18. The van der Waals surface area contributed by atoms with E-state index in [1.54, 1.807) is 36.4 Å². The molecule has 164 valence electrons. The van der Waals surface area contributed by atoms with Gasteiger partial charge in [0, 0.05) is 25.2 Å². The summed E-state index contributed by atoms with van der Waals surface area (Å²) in [6.45, 7) is 1.87. The van der Waals surface area contributed by atoms with E-state index in [1.807, 2.05) is 6.08 Å². The van der Waals surface area contributed by atoms with Gasteiger partial charge in [0.25, 0.3) is 0 Å². The van der Waals surface area contributed by atoms with Gasteiger partial charge in [0.05, 0.1) is 12.2 Å². The lowest BCUT2D eigenvalue weighted by molar-refractivity contribution is 0.0696. The molecule has 31 heavy (non-hydrogen) atoms. The average Bonchev–Trinajstić information content (AvgIpc) is 3.10. The van der Waals surface area contributed by atoms with Gasteiger partial charge in [-0.15, -0.1) is 0 Å². The Hall–Kier alpha value is -2.73. The minimum Gasteiger partial charge on any atom is -0.486 e. The first-order valence-corrected chi connectivity index (χ1v) is 10.9. The van der Waals surface area contributed by atoms with Crippen LogP contribution in [0.2, 0.25) is 0 Å². The Kier molecular flexibility index (Phi) is 6.66. The number of ether oxygens (including phenoxy) is 1. The summed E-state index contributed by atoms with van der Waals surface area (Å²) in [5.74, 6) is -1.13. The molecule has 2 aromatic carbocycles. The Morgan fingerprint density at radius 3 is 2.90 bits per heavy atom. The molecule has 1 unspecified atom stereocenters. The standard InChI is InChI=1S/C25H27F2NO3/c26-12-4-13-28-14-11-19(16-28)31-23-8-3-7-22(24(23)27)21-6-2-1-5-17-15-18(25(29)30)9-10-20(17)21/h3,6-10,15,19H,1-2,4-5,11-14,16H2,(H,29,30). The van der Waals surface area contributed by atoms with Gasteiger partial charge < -0.3 is 9.84 Å². The average molecular weight is 427 g/mol. The third-order valence-electron chi connectivity index (χ3n) is 6.03. The number of hydrogen-bond donors (Lipinski definition) is 1. The number of carbonyl (C=O) groups is 1. The van der Waals surface area contributed by atoms with Crippen molar-refractivity contribution in [3.63, 3.8) is 0 Å². The maximum Gasteiger partial charge on any atom is 0.335 e. The zero-order valence-corrected chi connectivity index (χ0v) is 17.4. The second kappa shape index (κ2) is 9.60. The van der Waals surface area contributed by atoms with Crippen LogP contribution in [-0.4, -0.2) is 48.4 Å². The molecular formula is C25H27F2NO3. The lowest BCUT2D eigenvalue weighted by atomic mass is 9.92. The molecule has 2 aliphatic rings. The third kappa shape index (κ3) is 4.79. The minimum absolute atomic E-state index is 0.113. The molecule has 6 heteroatoms. The number of halogens is 2. The second-order valence-electron chi connectivity index (χ2n) is 8.18. The van der Waals surface area contributed by atoms with E-state index >= 15 is 4.39 Å². The van der Waals surface area contributed by atoms with E-state index in [-0.39, 0.29) is 24.1 Å². The summed E-state index contributed by atoms with van der Waals surface area (Å²) >= 11 is 0. The first kappa shape index (κ1) is 21.5. The highest BCUT2D eigenvalue weighted by molar-refractivity contribution is 5.90. The van der Waals surface area contributed by atoms with Crippen molar-refractivity contribution in [1.29, 1.82) is 0 Å². The Bertz CT molecular complexity index is 989. The van der Waals surface area contributed by atoms with Gasteiger partial charge in [0.2, 0.25) is 0 Å². The van der Waals surface area contributed by atoms with Gasteiger partial charge >= 0.3 is 5.97 Å². The number of alkyl halides is 1. The van der Waals surface area contributed by atoms with Crippen molar-refractivity contribution in [2.45, 2.75) is 38.2 Å². The number of aromatic carboxylic acids is 1. The highest BCUT2D eigenvalue weighted by atomic mass is 19.1. The summed E-state index contributed by atoms with van der Waals surface area (Å²) in [4.78, 5) is 13.5. The van der Waals surface area contributed by atoms with E-state index in [0.29, 0.717) is 25.1 Å². The summed E-state index contributed by atoms with van der Waals surface area (Å²) < 4.78 is 33.9. The fourth-order valence-corrected chi connectivity index (χ4v) is 4.47. The van der Waals surface area contributed by atoms with Gasteiger partial charge in [-0.05, 0) is 67.0 Å². The molecule has 1 atom stereocenters. The summed E-state index contributed by atoms with van der Waals surface area (Å²) in [5.41, 5.74) is 3.29. The van der Waals surface area contributed by atoms with Crippen LogP contribution in [0, 0.1) is 5.82 Å². The van der Waals surface area contributed by atoms with Gasteiger partial charge in [-0.1, -0.05) is 24.3 Å². The maximum atomic E-state index is 15.5. The van der Waals surface area contributed by atoms with Crippen molar-refractivity contribution in [3.05, 3.63) is 70.5 Å². The summed E-state index contributed by atoms with van der Waals surface area (Å²) in [6, 6.07) is 10.2. The molecule has 0 spiro atoms. The van der Waals surface area contributed by atoms with Crippen LogP contribution >= 0.6 is 0 Å². The van der Waals surface area contributed by atoms with Crippen molar-refractivity contribution in [2.24, 2.45) is 0 Å². The SMILES string of the molecule is O=C(O)c1ccc2c(c1)CCCC=C2c1cccc(OC2CCN(CCCF)C2)c1F. The van der Waals surface area contributed by atoms with Crippen LogP contribution in [0.25, 0.3) is 5.57 Å². The van der Waals surface area contributed by atoms with E-state index in [0.717, 1.165) is 48.9 Å². The molecule has 1 N–H and O–H groups in total. The molecule has 0 amide bonds. The van der Waals surface area contributed by atoms with Crippen LogP contribution in [0.4, 0.5) is 8.78 Å². The molecule has 1 aliphatic heterocycles. The van der Waals surface area contributed by atoms with Crippen LogP contribution in [-0.2, 0) is 6.42 Å². The zero-order valence-electron chi connectivity index (χ0n) is 17.4. The number of likely N-dealkylation sites (tertiary alicyclic amines) is 1. The molecule has 4 rings (SSSR count). The van der Waals surface area contributed by atoms with E-state index in [4.69, 9.17) is 4.74 Å². The van der Waals surface area contributed by atoms with Crippen LogP contribution in [0.5, 0.6) is 5.75 Å². The predicted molar refractivity (Wildman–Crippen MR) is 116 cm³/mol. The number of nitrogens with zero attached hydrogens (tertiary/aromatic N) is 1. The molecule has 4 nitrogen and oxygen atoms in total.